The van der Waals surface area contributed by atoms with E-state index in [1.54, 1.807) is 14.2 Å². The van der Waals surface area contributed by atoms with Crippen molar-refractivity contribution in [1.29, 1.82) is 0 Å². The van der Waals surface area contributed by atoms with Crippen LogP contribution in [0.3, 0.4) is 0 Å². The molecule has 1 aromatic rings. The fourth-order valence-electron chi connectivity index (χ4n) is 1.22. The molecule has 0 bridgehead atoms. The summed E-state index contributed by atoms with van der Waals surface area (Å²) in [6.07, 6.45) is 0. The van der Waals surface area contributed by atoms with E-state index in [0.29, 0.717) is 0 Å². The molecule has 1 aromatic carbocycles. The van der Waals surface area contributed by atoms with Crippen molar-refractivity contribution in [3.8, 4) is 11.5 Å². The zero-order valence-corrected chi connectivity index (χ0v) is 7.97. The van der Waals surface area contributed by atoms with Gasteiger partial charge in [-0.3, -0.25) is 0 Å². The highest BCUT2D eigenvalue weighted by Gasteiger charge is 2.04. The Balaban J connectivity index is 3.22. The standard InChI is InChI=1S/C8H12B2O2/c1-11-6-3-5(9)4-7(12-2)8(6)10/h3-4H,9-10H2,1-2H3. The second kappa shape index (κ2) is 3.57. The third kappa shape index (κ3) is 1.58. The number of ether oxygens (including phenoxy) is 2. The van der Waals surface area contributed by atoms with Gasteiger partial charge in [-0.25, -0.2) is 0 Å². The highest BCUT2D eigenvalue weighted by Crippen LogP contribution is 2.11. The molecule has 0 aliphatic carbocycles. The van der Waals surface area contributed by atoms with Gasteiger partial charge in [-0.05, 0) is 17.6 Å². The van der Waals surface area contributed by atoms with E-state index in [9.17, 15) is 0 Å². The minimum atomic E-state index is 0.881. The molecule has 62 valence electrons. The average molecular weight is 162 g/mol. The lowest BCUT2D eigenvalue weighted by molar-refractivity contribution is 0.401. The smallest absolute Gasteiger partial charge is 0.149 e. The van der Waals surface area contributed by atoms with Crippen LogP contribution in [-0.2, 0) is 0 Å². The largest absolute Gasteiger partial charge is 0.497 e. The fraction of sp³-hybridized carbons (Fsp3) is 0.250. The van der Waals surface area contributed by atoms with Gasteiger partial charge in [-0.2, -0.15) is 0 Å². The van der Waals surface area contributed by atoms with E-state index < -0.39 is 0 Å². The van der Waals surface area contributed by atoms with Crippen LogP contribution in [0.5, 0.6) is 11.5 Å². The molecule has 0 radical (unpaired) electrons. The summed E-state index contributed by atoms with van der Waals surface area (Å²) >= 11 is 0. The number of hydrogen-bond acceptors (Lipinski definition) is 2. The predicted molar refractivity (Wildman–Crippen MR) is 55.9 cm³/mol. The Bertz CT molecular complexity index is 261. The third-order valence-corrected chi connectivity index (χ3v) is 1.90. The van der Waals surface area contributed by atoms with Gasteiger partial charge >= 0.3 is 0 Å². The van der Waals surface area contributed by atoms with Gasteiger partial charge in [0.05, 0.1) is 14.2 Å². The van der Waals surface area contributed by atoms with Gasteiger partial charge in [0.15, 0.2) is 0 Å². The summed E-state index contributed by atoms with van der Waals surface area (Å²) < 4.78 is 10.4. The first-order valence-electron chi connectivity index (χ1n) is 3.88. The molecule has 0 saturated carbocycles. The van der Waals surface area contributed by atoms with Crippen LogP contribution in [-0.4, -0.2) is 29.9 Å². The van der Waals surface area contributed by atoms with Gasteiger partial charge in [-0.1, -0.05) is 5.46 Å². The van der Waals surface area contributed by atoms with E-state index in [-0.39, 0.29) is 0 Å². The zero-order chi connectivity index (χ0) is 9.14. The summed E-state index contributed by atoms with van der Waals surface area (Å²) in [5, 5.41) is 0. The number of rotatable bonds is 2. The van der Waals surface area contributed by atoms with Crippen molar-refractivity contribution in [3.63, 3.8) is 0 Å². The first-order valence-corrected chi connectivity index (χ1v) is 3.88. The van der Waals surface area contributed by atoms with Gasteiger partial charge in [0.2, 0.25) is 0 Å². The molecule has 2 nitrogen and oxygen atoms in total. The minimum Gasteiger partial charge on any atom is -0.497 e. The SMILES string of the molecule is Bc1cc(OC)c(B)c(OC)c1. The zero-order valence-electron chi connectivity index (χ0n) is 7.97. The summed E-state index contributed by atoms with van der Waals surface area (Å²) in [4.78, 5) is 0. The van der Waals surface area contributed by atoms with Crippen LogP contribution in [0.4, 0.5) is 0 Å². The van der Waals surface area contributed by atoms with Gasteiger partial charge in [-0.15, -0.1) is 0 Å². The molecule has 0 heterocycles. The summed E-state index contributed by atoms with van der Waals surface area (Å²) in [7, 11) is 7.34. The minimum absolute atomic E-state index is 0.881. The van der Waals surface area contributed by atoms with Crippen LogP contribution < -0.4 is 20.4 Å². The highest BCUT2D eigenvalue weighted by molar-refractivity contribution is 6.39. The molecule has 0 fully saturated rings. The summed E-state index contributed by atoms with van der Waals surface area (Å²) in [5.41, 5.74) is 2.19. The van der Waals surface area contributed by atoms with Crippen LogP contribution in [0.2, 0.25) is 0 Å². The van der Waals surface area contributed by atoms with E-state index in [4.69, 9.17) is 9.47 Å². The molecule has 0 spiro atoms. The molecular weight excluding hydrogens is 150 g/mol. The fourth-order valence-corrected chi connectivity index (χ4v) is 1.22. The molecule has 0 aromatic heterocycles. The molecule has 0 aliphatic rings. The highest BCUT2D eigenvalue weighted by atomic mass is 16.5. The Kier molecular flexibility index (Phi) is 2.69. The Morgan fingerprint density at radius 3 is 1.75 bits per heavy atom. The van der Waals surface area contributed by atoms with Gasteiger partial charge in [0.1, 0.15) is 27.2 Å². The third-order valence-electron chi connectivity index (χ3n) is 1.90. The first kappa shape index (κ1) is 9.04. The maximum absolute atomic E-state index is 5.19. The normalized spacial score (nSPS) is 9.50. The van der Waals surface area contributed by atoms with Gasteiger partial charge < -0.3 is 9.47 Å². The van der Waals surface area contributed by atoms with Crippen molar-refractivity contribution in [2.75, 3.05) is 14.2 Å². The van der Waals surface area contributed by atoms with E-state index >= 15 is 0 Å². The van der Waals surface area contributed by atoms with Crippen LogP contribution in [0.1, 0.15) is 0 Å². The first-order chi connectivity index (χ1) is 5.69. The number of benzene rings is 1. The number of methoxy groups -OCH3 is 2. The maximum atomic E-state index is 5.19. The van der Waals surface area contributed by atoms with Crippen molar-refractivity contribution in [2.45, 2.75) is 0 Å². The quantitative estimate of drug-likeness (QED) is 0.478. The molecule has 12 heavy (non-hydrogen) atoms. The van der Waals surface area contributed by atoms with E-state index in [2.05, 4.69) is 0 Å². The van der Waals surface area contributed by atoms with Crippen LogP contribution in [0.25, 0.3) is 0 Å². The lowest BCUT2D eigenvalue weighted by Crippen LogP contribution is -2.16. The maximum Gasteiger partial charge on any atom is 0.149 e. The topological polar surface area (TPSA) is 18.5 Å². The van der Waals surface area contributed by atoms with Crippen LogP contribution >= 0.6 is 0 Å². The Hall–Kier alpha value is -1.05. The van der Waals surface area contributed by atoms with E-state index in [1.165, 1.54) is 0 Å². The van der Waals surface area contributed by atoms with Crippen LogP contribution in [0.15, 0.2) is 12.1 Å². The molecule has 0 amide bonds. The molecule has 4 heteroatoms. The van der Waals surface area contributed by atoms with Crippen molar-refractivity contribution >= 4 is 26.6 Å². The van der Waals surface area contributed by atoms with Gasteiger partial charge in [0, 0.05) is 0 Å². The predicted octanol–water partition coefficient (Wildman–Crippen LogP) is -1.78. The van der Waals surface area contributed by atoms with E-state index in [1.807, 2.05) is 27.8 Å². The molecule has 0 aliphatic heterocycles. The van der Waals surface area contributed by atoms with Crippen molar-refractivity contribution in [1.82, 2.24) is 0 Å². The summed E-state index contributed by atoms with van der Waals surface area (Å²) in [6, 6.07) is 4.00. The van der Waals surface area contributed by atoms with Crippen LogP contribution in [0, 0.1) is 0 Å². The summed E-state index contributed by atoms with van der Waals surface area (Å²) in [5.74, 6) is 1.76. The Labute approximate surface area is 74.7 Å². The lowest BCUT2D eigenvalue weighted by Gasteiger charge is -2.10. The van der Waals surface area contributed by atoms with Crippen molar-refractivity contribution in [2.24, 2.45) is 0 Å². The van der Waals surface area contributed by atoms with Crippen molar-refractivity contribution < 1.29 is 9.47 Å². The molecule has 0 atom stereocenters. The molecule has 0 N–H and O–H groups in total. The number of hydrogen-bond donors (Lipinski definition) is 0. The molecule has 1 rings (SSSR count). The average Bonchev–Trinajstić information content (AvgIpc) is 2.08. The van der Waals surface area contributed by atoms with Gasteiger partial charge in [0.25, 0.3) is 0 Å². The lowest BCUT2D eigenvalue weighted by atomic mass is 9.87. The second-order valence-corrected chi connectivity index (χ2v) is 2.79. The monoisotopic (exact) mass is 162 g/mol. The molecule has 0 unspecified atom stereocenters. The Morgan fingerprint density at radius 1 is 1.00 bits per heavy atom. The summed E-state index contributed by atoms with van der Waals surface area (Å²) in [6.45, 7) is 0. The molecular formula is C8H12B2O2. The second-order valence-electron chi connectivity index (χ2n) is 2.79. The van der Waals surface area contributed by atoms with E-state index in [0.717, 1.165) is 22.4 Å². The Morgan fingerprint density at radius 2 is 1.42 bits per heavy atom. The molecule has 0 saturated heterocycles. The van der Waals surface area contributed by atoms with Crippen molar-refractivity contribution in [3.05, 3.63) is 12.1 Å².